The molecule has 1 aromatic rings. The average Bonchev–Trinajstić information content (AvgIpc) is 2.99. The smallest absolute Gasteiger partial charge is 0.408 e. The third kappa shape index (κ3) is 13.5. The third-order valence-corrected chi connectivity index (χ3v) is 8.16. The van der Waals surface area contributed by atoms with Crippen LogP contribution in [-0.2, 0) is 35.3 Å². The van der Waals surface area contributed by atoms with Crippen molar-refractivity contribution in [1.29, 1.82) is 0 Å². The molecule has 0 aliphatic heterocycles. The Morgan fingerprint density at radius 2 is 1.42 bits per heavy atom. The van der Waals surface area contributed by atoms with E-state index in [1.807, 2.05) is 45.9 Å². The van der Waals surface area contributed by atoms with Crippen molar-refractivity contribution in [3.63, 3.8) is 0 Å². The van der Waals surface area contributed by atoms with E-state index in [4.69, 9.17) is 10.5 Å². The molecule has 0 bridgehead atoms. The van der Waals surface area contributed by atoms with E-state index in [9.17, 15) is 33.9 Å². The second-order valence-electron chi connectivity index (χ2n) is 13.9. The molecule has 270 valence electrons. The van der Waals surface area contributed by atoms with Crippen LogP contribution in [0.4, 0.5) is 4.79 Å². The summed E-state index contributed by atoms with van der Waals surface area (Å²) in [6.45, 7) is 14.9. The SMILES string of the molecule is CC(C)C[C@H](NC(=O)OCc1ccccc1)C(=O)NC(C)(C)C(=O)N[C@](C)(C(=O)N[C@@H](CCC(N)=O)C(=O)N[C@H](CO)C(C)C)C(C)C. The van der Waals surface area contributed by atoms with Gasteiger partial charge < -0.3 is 42.2 Å². The molecule has 4 atom stereocenters. The second kappa shape index (κ2) is 19.0. The molecule has 8 N–H and O–H groups in total. The number of primary amides is 1. The van der Waals surface area contributed by atoms with Crippen molar-refractivity contribution in [1.82, 2.24) is 26.6 Å². The molecule has 0 radical (unpaired) electrons. The van der Waals surface area contributed by atoms with E-state index in [1.165, 1.54) is 20.8 Å². The number of ether oxygens (including phenoxy) is 1. The molecule has 0 aromatic heterocycles. The Labute approximate surface area is 284 Å². The number of nitrogens with one attached hydrogen (secondary N) is 5. The fourth-order valence-corrected chi connectivity index (χ4v) is 4.49. The van der Waals surface area contributed by atoms with E-state index in [0.29, 0.717) is 0 Å². The highest BCUT2D eigenvalue weighted by molar-refractivity contribution is 5.98. The lowest BCUT2D eigenvalue weighted by Gasteiger charge is -2.38. The van der Waals surface area contributed by atoms with Gasteiger partial charge in [-0.25, -0.2) is 4.79 Å². The zero-order valence-corrected chi connectivity index (χ0v) is 29.8. The maximum atomic E-state index is 13.7. The Bertz CT molecular complexity index is 1250. The van der Waals surface area contributed by atoms with Crippen molar-refractivity contribution in [3.05, 3.63) is 35.9 Å². The largest absolute Gasteiger partial charge is 0.445 e. The molecule has 0 spiro atoms. The van der Waals surface area contributed by atoms with Crippen LogP contribution < -0.4 is 32.3 Å². The van der Waals surface area contributed by atoms with Gasteiger partial charge in [0.2, 0.25) is 29.5 Å². The van der Waals surface area contributed by atoms with Gasteiger partial charge in [0, 0.05) is 6.42 Å². The molecule has 14 heteroatoms. The molecular formula is C34H56N6O8. The predicted molar refractivity (Wildman–Crippen MR) is 181 cm³/mol. The fraction of sp³-hybridized carbons (Fsp3) is 0.647. The minimum absolute atomic E-state index is 0.00736. The molecule has 1 rings (SSSR count). The summed E-state index contributed by atoms with van der Waals surface area (Å²) in [5, 5.41) is 23.0. The van der Waals surface area contributed by atoms with Crippen molar-refractivity contribution < 1.29 is 38.6 Å². The van der Waals surface area contributed by atoms with Crippen LogP contribution in [-0.4, -0.2) is 76.5 Å². The minimum atomic E-state index is -1.57. The van der Waals surface area contributed by atoms with Crippen LogP contribution >= 0.6 is 0 Å². The quantitative estimate of drug-likeness (QED) is 0.114. The van der Waals surface area contributed by atoms with Gasteiger partial charge in [0.15, 0.2) is 0 Å². The Kier molecular flexibility index (Phi) is 16.5. The van der Waals surface area contributed by atoms with Crippen LogP contribution in [0, 0.1) is 17.8 Å². The van der Waals surface area contributed by atoms with Gasteiger partial charge in [0.05, 0.1) is 12.6 Å². The number of carbonyl (C=O) groups excluding carboxylic acids is 6. The minimum Gasteiger partial charge on any atom is -0.445 e. The van der Waals surface area contributed by atoms with E-state index in [-0.39, 0.29) is 44.3 Å². The van der Waals surface area contributed by atoms with Crippen LogP contribution in [0.25, 0.3) is 0 Å². The Morgan fingerprint density at radius 1 is 0.812 bits per heavy atom. The fourth-order valence-electron chi connectivity index (χ4n) is 4.49. The summed E-state index contributed by atoms with van der Waals surface area (Å²) in [4.78, 5) is 78.0. The zero-order chi connectivity index (χ0) is 36.8. The van der Waals surface area contributed by atoms with Crippen LogP contribution in [0.15, 0.2) is 30.3 Å². The van der Waals surface area contributed by atoms with Gasteiger partial charge >= 0.3 is 6.09 Å². The topological polar surface area (TPSA) is 218 Å². The molecule has 0 aliphatic rings. The summed E-state index contributed by atoms with van der Waals surface area (Å²) in [5.74, 6) is -3.91. The molecule has 0 saturated heterocycles. The number of rotatable bonds is 19. The predicted octanol–water partition coefficient (Wildman–Crippen LogP) is 1.64. The first-order valence-electron chi connectivity index (χ1n) is 16.4. The maximum Gasteiger partial charge on any atom is 0.408 e. The van der Waals surface area contributed by atoms with Gasteiger partial charge in [-0.05, 0) is 56.9 Å². The van der Waals surface area contributed by atoms with Gasteiger partial charge in [-0.3, -0.25) is 24.0 Å². The van der Waals surface area contributed by atoms with Crippen molar-refractivity contribution in [3.8, 4) is 0 Å². The lowest BCUT2D eigenvalue weighted by Crippen LogP contribution is -2.68. The summed E-state index contributed by atoms with van der Waals surface area (Å²) >= 11 is 0. The Morgan fingerprint density at radius 3 is 1.92 bits per heavy atom. The van der Waals surface area contributed by atoms with Crippen LogP contribution in [0.2, 0.25) is 0 Å². The van der Waals surface area contributed by atoms with E-state index >= 15 is 0 Å². The zero-order valence-electron chi connectivity index (χ0n) is 29.8. The third-order valence-electron chi connectivity index (χ3n) is 8.16. The number of aliphatic hydroxyl groups is 1. The maximum absolute atomic E-state index is 13.7. The molecule has 48 heavy (non-hydrogen) atoms. The van der Waals surface area contributed by atoms with Crippen molar-refractivity contribution >= 4 is 35.6 Å². The van der Waals surface area contributed by atoms with E-state index in [2.05, 4.69) is 26.6 Å². The van der Waals surface area contributed by atoms with Crippen molar-refractivity contribution in [2.24, 2.45) is 23.5 Å². The molecule has 1 aromatic carbocycles. The van der Waals surface area contributed by atoms with Gasteiger partial charge in [0.25, 0.3) is 0 Å². The number of aliphatic hydroxyl groups excluding tert-OH is 1. The molecule has 14 nitrogen and oxygen atoms in total. The number of carbonyl (C=O) groups is 6. The van der Waals surface area contributed by atoms with E-state index < -0.39 is 70.8 Å². The van der Waals surface area contributed by atoms with Gasteiger partial charge in [-0.15, -0.1) is 0 Å². The number of nitrogens with two attached hydrogens (primary N) is 1. The Hall–Kier alpha value is -4.20. The summed E-state index contributed by atoms with van der Waals surface area (Å²) in [7, 11) is 0. The molecular weight excluding hydrogens is 620 g/mol. The number of alkyl carbamates (subject to hydrolysis) is 1. The Balaban J connectivity index is 3.10. The highest BCUT2D eigenvalue weighted by atomic mass is 16.5. The average molecular weight is 677 g/mol. The summed E-state index contributed by atoms with van der Waals surface area (Å²) in [6.07, 6.45) is -0.831. The monoisotopic (exact) mass is 676 g/mol. The number of hydrogen-bond donors (Lipinski definition) is 7. The van der Waals surface area contributed by atoms with Gasteiger partial charge in [0.1, 0.15) is 29.8 Å². The first-order chi connectivity index (χ1) is 22.2. The van der Waals surface area contributed by atoms with E-state index in [0.717, 1.165) is 5.56 Å². The molecule has 0 heterocycles. The highest BCUT2D eigenvalue weighted by Crippen LogP contribution is 2.20. The molecule has 0 unspecified atom stereocenters. The van der Waals surface area contributed by atoms with Crippen molar-refractivity contribution in [2.75, 3.05) is 6.61 Å². The second-order valence-corrected chi connectivity index (χ2v) is 13.9. The first-order valence-corrected chi connectivity index (χ1v) is 16.4. The molecule has 0 saturated carbocycles. The van der Waals surface area contributed by atoms with Crippen LogP contribution in [0.5, 0.6) is 0 Å². The number of benzene rings is 1. The molecule has 0 fully saturated rings. The summed E-state index contributed by atoms with van der Waals surface area (Å²) in [5.41, 5.74) is 2.96. The lowest BCUT2D eigenvalue weighted by atomic mass is 9.85. The standard InChI is InChI=1S/C34H56N6O8/c1-20(2)17-25(38-32(47)48-19-23-13-11-10-12-14-23)29(44)39-33(7,8)30(45)40-34(9,22(5)6)31(46)37-24(15-16-27(35)42)28(43)36-26(18-41)21(3)4/h10-14,20-22,24-26,41H,15-19H2,1-9H3,(H2,35,42)(H,36,43)(H,37,46)(H,38,47)(H,39,44)(H,40,45)/t24-,25-,26+,34-/m0/s1. The molecule has 0 aliphatic carbocycles. The van der Waals surface area contributed by atoms with Crippen molar-refractivity contribution in [2.45, 2.75) is 117 Å². The summed E-state index contributed by atoms with van der Waals surface area (Å²) < 4.78 is 5.28. The first kappa shape index (κ1) is 41.8. The number of hydrogen-bond acceptors (Lipinski definition) is 8. The van der Waals surface area contributed by atoms with E-state index in [1.54, 1.807) is 26.0 Å². The molecule has 6 amide bonds. The summed E-state index contributed by atoms with van der Waals surface area (Å²) in [6, 6.07) is 6.26. The lowest BCUT2D eigenvalue weighted by molar-refractivity contribution is -0.140. The number of amides is 6. The normalized spacial score (nSPS) is 14.7. The van der Waals surface area contributed by atoms with Crippen LogP contribution in [0.3, 0.4) is 0 Å². The van der Waals surface area contributed by atoms with Gasteiger partial charge in [-0.1, -0.05) is 71.9 Å². The van der Waals surface area contributed by atoms with Gasteiger partial charge in [-0.2, -0.15) is 0 Å². The van der Waals surface area contributed by atoms with Crippen LogP contribution in [0.1, 0.15) is 87.1 Å². The highest BCUT2D eigenvalue weighted by Gasteiger charge is 2.44.